The Balaban J connectivity index is 2.32. The predicted octanol–water partition coefficient (Wildman–Crippen LogP) is 1.74. The van der Waals surface area contributed by atoms with E-state index in [9.17, 15) is 8.42 Å². The minimum atomic E-state index is -3.33. The number of sulfone groups is 1. The lowest BCUT2D eigenvalue weighted by atomic mass is 10.2. The Morgan fingerprint density at radius 3 is 2.76 bits per heavy atom. The quantitative estimate of drug-likeness (QED) is 0.666. The highest BCUT2D eigenvalue weighted by Crippen LogP contribution is 2.12. The molecule has 1 aromatic rings. The van der Waals surface area contributed by atoms with E-state index >= 15 is 0 Å². The molecule has 0 spiro atoms. The molecule has 1 rings (SSSR count). The number of nitrogens with zero attached hydrogens (tertiary/aromatic N) is 1. The van der Waals surface area contributed by atoms with E-state index < -0.39 is 9.84 Å². The van der Waals surface area contributed by atoms with Gasteiger partial charge in [-0.3, -0.25) is 0 Å². The molecule has 0 saturated carbocycles. The molecule has 116 valence electrons. The lowest BCUT2D eigenvalue weighted by molar-refractivity contribution is 0.192. The largest absolute Gasteiger partial charge is 0.385 e. The molecule has 0 radical (unpaired) electrons. The molecule has 0 aliphatic heterocycles. The van der Waals surface area contributed by atoms with Crippen molar-refractivity contribution in [3.05, 3.63) is 29.8 Å². The molecule has 6 heteroatoms. The van der Waals surface area contributed by atoms with Crippen molar-refractivity contribution >= 4 is 9.84 Å². The van der Waals surface area contributed by atoms with Gasteiger partial charge in [-0.1, -0.05) is 6.07 Å². The summed E-state index contributed by atoms with van der Waals surface area (Å²) in [6, 6.07) is 8.08. The van der Waals surface area contributed by atoms with Gasteiger partial charge in [-0.25, -0.2) is 8.42 Å². The van der Waals surface area contributed by atoms with Crippen LogP contribution in [0.1, 0.15) is 24.8 Å². The van der Waals surface area contributed by atoms with Crippen LogP contribution < -0.4 is 5.32 Å². The summed E-state index contributed by atoms with van der Waals surface area (Å²) in [5.74, 6) is 0.0416. The Morgan fingerprint density at radius 2 is 2.05 bits per heavy atom. The van der Waals surface area contributed by atoms with Crippen molar-refractivity contribution in [1.82, 2.24) is 5.32 Å². The molecule has 1 N–H and O–H groups in total. The number of benzene rings is 1. The average molecular weight is 310 g/mol. The minimum absolute atomic E-state index is 0.0416. The molecule has 0 aliphatic rings. The Kier molecular flexibility index (Phi) is 7.98. The van der Waals surface area contributed by atoms with Gasteiger partial charge in [0.05, 0.1) is 22.3 Å². The van der Waals surface area contributed by atoms with Crippen molar-refractivity contribution in [1.29, 1.82) is 5.26 Å². The van der Waals surface area contributed by atoms with Gasteiger partial charge in [0.2, 0.25) is 0 Å². The molecule has 1 aromatic carbocycles. The molecule has 5 nitrogen and oxygen atoms in total. The molecule has 0 saturated heterocycles. The minimum Gasteiger partial charge on any atom is -0.385 e. The molecular formula is C15H22N2O3S. The van der Waals surface area contributed by atoms with E-state index in [0.29, 0.717) is 12.1 Å². The smallest absolute Gasteiger partial charge is 0.179 e. The fourth-order valence-corrected chi connectivity index (χ4v) is 3.12. The summed E-state index contributed by atoms with van der Waals surface area (Å²) in [7, 11) is -1.64. The zero-order chi connectivity index (χ0) is 15.6. The predicted molar refractivity (Wildman–Crippen MR) is 81.8 cm³/mol. The summed E-state index contributed by atoms with van der Waals surface area (Å²) in [6.45, 7) is 1.99. The van der Waals surface area contributed by atoms with Crippen LogP contribution in [0.15, 0.2) is 29.2 Å². The number of hydrogen-bond acceptors (Lipinski definition) is 5. The van der Waals surface area contributed by atoms with Crippen LogP contribution >= 0.6 is 0 Å². The summed E-state index contributed by atoms with van der Waals surface area (Å²) in [6.07, 6.45) is 3.10. The molecule has 0 bridgehead atoms. The molecule has 0 unspecified atom stereocenters. The Labute approximate surface area is 126 Å². The highest BCUT2D eigenvalue weighted by Gasteiger charge is 2.14. The normalized spacial score (nSPS) is 11.2. The van der Waals surface area contributed by atoms with Gasteiger partial charge in [0, 0.05) is 20.3 Å². The fraction of sp³-hybridized carbons (Fsp3) is 0.533. The first-order valence-corrected chi connectivity index (χ1v) is 8.68. The van der Waals surface area contributed by atoms with Crippen LogP contribution in [0.4, 0.5) is 0 Å². The zero-order valence-electron chi connectivity index (χ0n) is 12.3. The van der Waals surface area contributed by atoms with Crippen molar-refractivity contribution in [2.45, 2.75) is 24.2 Å². The number of ether oxygens (including phenoxy) is 1. The van der Waals surface area contributed by atoms with Gasteiger partial charge in [0.15, 0.2) is 9.84 Å². The first kappa shape index (κ1) is 17.6. The van der Waals surface area contributed by atoms with Crippen molar-refractivity contribution in [3.8, 4) is 6.07 Å². The van der Waals surface area contributed by atoms with Gasteiger partial charge in [0.1, 0.15) is 0 Å². The number of methoxy groups -OCH3 is 1. The number of rotatable bonds is 10. The van der Waals surface area contributed by atoms with Crippen molar-refractivity contribution in [2.75, 3.05) is 32.6 Å². The lowest BCUT2D eigenvalue weighted by Crippen LogP contribution is -2.24. The van der Waals surface area contributed by atoms with Crippen molar-refractivity contribution < 1.29 is 13.2 Å². The molecule has 0 aromatic heterocycles. The molecule has 0 aliphatic carbocycles. The maximum absolute atomic E-state index is 12.1. The van der Waals surface area contributed by atoms with Crippen molar-refractivity contribution in [3.63, 3.8) is 0 Å². The third kappa shape index (κ3) is 6.71. The van der Waals surface area contributed by atoms with Gasteiger partial charge in [-0.05, 0) is 44.0 Å². The van der Waals surface area contributed by atoms with Crippen LogP contribution in [0.5, 0.6) is 0 Å². The molecular weight excluding hydrogens is 288 g/mol. The maximum Gasteiger partial charge on any atom is 0.179 e. The topological polar surface area (TPSA) is 79.2 Å². The van der Waals surface area contributed by atoms with E-state index in [2.05, 4.69) is 5.32 Å². The second-order valence-electron chi connectivity index (χ2n) is 4.76. The van der Waals surface area contributed by atoms with Gasteiger partial charge in [0.25, 0.3) is 0 Å². The molecule has 0 fully saturated rings. The summed E-state index contributed by atoms with van der Waals surface area (Å²) in [4.78, 5) is 0.212. The van der Waals surface area contributed by atoms with E-state index in [1.54, 1.807) is 19.2 Å². The zero-order valence-corrected chi connectivity index (χ0v) is 13.2. The standard InChI is InChI=1S/C15H22N2O3S/c1-20-10-4-2-3-8-17-9-11-21(18,19)15-7-5-6-14(12-15)13-16/h5-7,12,17H,2-4,8-11H2,1H3. The van der Waals surface area contributed by atoms with Crippen LogP contribution in [0, 0.1) is 11.3 Å². The second-order valence-corrected chi connectivity index (χ2v) is 6.87. The molecule has 21 heavy (non-hydrogen) atoms. The Morgan fingerprint density at radius 1 is 1.24 bits per heavy atom. The molecule has 0 amide bonds. The number of nitrogens with one attached hydrogen (secondary N) is 1. The van der Waals surface area contributed by atoms with E-state index in [-0.39, 0.29) is 10.6 Å². The summed E-state index contributed by atoms with van der Waals surface area (Å²) in [5.41, 5.74) is 0.363. The first-order chi connectivity index (χ1) is 10.1. The van der Waals surface area contributed by atoms with Gasteiger partial charge >= 0.3 is 0 Å². The van der Waals surface area contributed by atoms with Crippen LogP contribution in [-0.2, 0) is 14.6 Å². The van der Waals surface area contributed by atoms with Gasteiger partial charge in [-0.2, -0.15) is 5.26 Å². The van der Waals surface area contributed by atoms with Crippen molar-refractivity contribution in [2.24, 2.45) is 0 Å². The van der Waals surface area contributed by atoms with E-state index in [1.165, 1.54) is 12.1 Å². The third-order valence-electron chi connectivity index (χ3n) is 3.07. The Hall–Kier alpha value is -1.42. The van der Waals surface area contributed by atoms with E-state index in [0.717, 1.165) is 32.4 Å². The number of hydrogen-bond donors (Lipinski definition) is 1. The SMILES string of the molecule is COCCCCCNCCS(=O)(=O)c1cccc(C#N)c1. The van der Waals surface area contributed by atoms with Crippen LogP contribution in [0.2, 0.25) is 0 Å². The molecule has 0 heterocycles. The number of unbranched alkanes of at least 4 members (excludes halogenated alkanes) is 2. The van der Waals surface area contributed by atoms with E-state index in [1.807, 2.05) is 6.07 Å². The monoisotopic (exact) mass is 310 g/mol. The fourth-order valence-electron chi connectivity index (χ4n) is 1.88. The van der Waals surface area contributed by atoms with Crippen LogP contribution in [0.25, 0.3) is 0 Å². The first-order valence-electron chi connectivity index (χ1n) is 7.03. The maximum atomic E-state index is 12.1. The number of nitriles is 1. The van der Waals surface area contributed by atoms with Crippen LogP contribution in [-0.4, -0.2) is 41.0 Å². The Bertz CT molecular complexity index is 565. The lowest BCUT2D eigenvalue weighted by Gasteiger charge is -2.06. The summed E-state index contributed by atoms with van der Waals surface area (Å²) >= 11 is 0. The van der Waals surface area contributed by atoms with E-state index in [4.69, 9.17) is 10.00 Å². The highest BCUT2D eigenvalue weighted by atomic mass is 32.2. The van der Waals surface area contributed by atoms with Gasteiger partial charge < -0.3 is 10.1 Å². The summed E-state index contributed by atoms with van der Waals surface area (Å²) < 4.78 is 29.2. The van der Waals surface area contributed by atoms with Crippen LogP contribution in [0.3, 0.4) is 0 Å². The second kappa shape index (κ2) is 9.50. The molecule has 0 atom stereocenters. The highest BCUT2D eigenvalue weighted by molar-refractivity contribution is 7.91. The average Bonchev–Trinajstić information content (AvgIpc) is 2.50. The summed E-state index contributed by atoms with van der Waals surface area (Å²) in [5, 5.41) is 11.9. The van der Waals surface area contributed by atoms with Gasteiger partial charge in [-0.15, -0.1) is 0 Å². The third-order valence-corrected chi connectivity index (χ3v) is 4.79.